The molecule has 6 aliphatic rings. The molecular weight excluding hydrogens is 1160 g/mol. The molecule has 1 atom stereocenters. The van der Waals surface area contributed by atoms with E-state index in [-0.39, 0.29) is 63.8 Å². The number of esters is 6. The van der Waals surface area contributed by atoms with Gasteiger partial charge in [0.15, 0.2) is 0 Å². The first kappa shape index (κ1) is 79.3. The first-order valence-electron chi connectivity index (χ1n) is 35.4. The van der Waals surface area contributed by atoms with Crippen molar-refractivity contribution in [3.05, 3.63) is 0 Å². The summed E-state index contributed by atoms with van der Waals surface area (Å²) in [4.78, 5) is 90.5. The van der Waals surface area contributed by atoms with E-state index in [0.717, 1.165) is 64.2 Å². The molecule has 0 aromatic rings. The predicted octanol–water partition coefficient (Wildman–Crippen LogP) is 12.9. The molecule has 4 N–H and O–H groups in total. The summed E-state index contributed by atoms with van der Waals surface area (Å²) in [7, 11) is 4.33. The fraction of sp³-hybridized carbons (Fsp3) is 0.919. The quantitative estimate of drug-likeness (QED) is 0.0364. The van der Waals surface area contributed by atoms with E-state index in [1.807, 2.05) is 83.1 Å². The molecule has 0 aromatic heterocycles. The molecule has 0 aliphatic carbocycles. The normalized spacial score (nSPS) is 26.4. The van der Waals surface area contributed by atoms with Gasteiger partial charge in [-0.15, -0.1) is 0 Å². The molecule has 6 saturated heterocycles. The lowest BCUT2D eigenvalue weighted by Gasteiger charge is -2.53. The van der Waals surface area contributed by atoms with Crippen LogP contribution in [0.3, 0.4) is 0 Å². The van der Waals surface area contributed by atoms with Crippen LogP contribution in [0.5, 0.6) is 0 Å². The Balaban J connectivity index is 0.000000368. The third-order valence-corrected chi connectivity index (χ3v) is 21.0. The third-order valence-electron chi connectivity index (χ3n) is 21.0. The highest BCUT2D eigenvalue weighted by Gasteiger charge is 2.67. The van der Waals surface area contributed by atoms with Crippen LogP contribution in [-0.4, -0.2) is 163 Å². The maximum atomic E-state index is 15.3. The second-order valence-electron chi connectivity index (χ2n) is 37.1. The lowest BCUT2D eigenvalue weighted by molar-refractivity contribution is -0.205. The van der Waals surface area contributed by atoms with Crippen LogP contribution in [-0.2, 0) is 57.2 Å². The number of nitrogens with one attached hydrogen (secondary N) is 4. The number of hydrogen-bond donors (Lipinski definition) is 4. The number of carbonyl (C=O) groups excluding carboxylic acids is 6. The highest BCUT2D eigenvalue weighted by molar-refractivity contribution is 6.20. The van der Waals surface area contributed by atoms with E-state index in [1.54, 1.807) is 6.92 Å². The van der Waals surface area contributed by atoms with Crippen LogP contribution in [0.15, 0.2) is 0 Å². The zero-order valence-corrected chi connectivity index (χ0v) is 63.2. The van der Waals surface area contributed by atoms with Gasteiger partial charge in [-0.1, -0.05) is 32.6 Å². The minimum absolute atomic E-state index is 0.00474. The molecule has 0 aromatic carbocycles. The fourth-order valence-electron chi connectivity index (χ4n) is 18.0. The molecule has 0 saturated carbocycles. The molecule has 532 valence electrons. The first-order valence-corrected chi connectivity index (χ1v) is 35.4. The number of nitrogens with zero attached hydrogens (tertiary/aromatic N) is 2. The third kappa shape index (κ3) is 22.1. The lowest BCUT2D eigenvalue weighted by Crippen LogP contribution is -2.64. The smallest absolute Gasteiger partial charge is 0.336 e. The fourth-order valence-corrected chi connectivity index (χ4v) is 18.0. The van der Waals surface area contributed by atoms with Crippen molar-refractivity contribution >= 4 is 35.8 Å². The number of piperidine rings is 6. The standard InChI is InChI=1S/C44H78N4O8.C30H56N2O4/c1-18-31(32(49)53-27-19-36(2,3)45-37(4,5)20-27)44(33(50)54-28-21-38(6,7)46-39(8,9)22-28,34(51)55-29-23-40(10,11)47-41(12,13)24-29)35(52)56-30-25-42(14,15)48-43(16,17)26-30;1-27(2)19-23(20-28(3,4)31(27)9)35-25(33)17-15-13-11-12-14-16-18-26(34)36-24-21-29(5,6)32(10)30(7,8)22-24/h27-31,45-48H,18-26H2,1-17H3;23-24H,11-22H2,1-10H3. The van der Waals surface area contributed by atoms with Crippen molar-refractivity contribution in [2.45, 2.75) is 411 Å². The van der Waals surface area contributed by atoms with Crippen molar-refractivity contribution in [1.82, 2.24) is 31.1 Å². The van der Waals surface area contributed by atoms with Crippen LogP contribution in [0.2, 0.25) is 0 Å². The molecule has 18 heteroatoms. The van der Waals surface area contributed by atoms with E-state index in [1.165, 1.54) is 0 Å². The molecular formula is C74H134N6O12. The van der Waals surface area contributed by atoms with E-state index in [4.69, 9.17) is 28.4 Å². The van der Waals surface area contributed by atoms with Crippen LogP contribution < -0.4 is 21.3 Å². The SMILES string of the molecule is CCC(C(=O)OC1CC(C)(C)NC(C)(C)C1)C(C(=O)OC1CC(C)(C)NC(C)(C)C1)(C(=O)OC1CC(C)(C)NC(C)(C)C1)C(=O)OC1CC(C)(C)NC(C)(C)C1.CN1C(C)(C)CC(OC(=O)CCCCCCCCC(=O)OC2CC(C)(C)N(C)C(C)(C)C2)CC1(C)C. The van der Waals surface area contributed by atoms with E-state index in [2.05, 4.69) is 128 Å². The van der Waals surface area contributed by atoms with Gasteiger partial charge < -0.3 is 49.7 Å². The zero-order valence-electron chi connectivity index (χ0n) is 63.2. The summed E-state index contributed by atoms with van der Waals surface area (Å²) < 4.78 is 37.2. The molecule has 0 bridgehead atoms. The summed E-state index contributed by atoms with van der Waals surface area (Å²) in [6.07, 6.45) is 11.5. The number of likely N-dealkylation sites (tertiary alicyclic amines) is 2. The van der Waals surface area contributed by atoms with Crippen LogP contribution >= 0.6 is 0 Å². The first-order chi connectivity index (χ1) is 41.6. The summed E-state index contributed by atoms with van der Waals surface area (Å²) in [5.74, 6) is -5.88. The van der Waals surface area contributed by atoms with E-state index in [0.29, 0.717) is 64.2 Å². The summed E-state index contributed by atoms with van der Waals surface area (Å²) in [6, 6.07) is 0. The van der Waals surface area contributed by atoms with E-state index >= 15 is 14.4 Å². The van der Waals surface area contributed by atoms with Crippen molar-refractivity contribution < 1.29 is 57.2 Å². The van der Waals surface area contributed by atoms with E-state index < -0.39 is 92.9 Å². The minimum Gasteiger partial charge on any atom is -0.462 e. The van der Waals surface area contributed by atoms with Gasteiger partial charge in [0.05, 0.1) is 5.92 Å². The molecule has 0 amide bonds. The molecule has 0 radical (unpaired) electrons. The molecule has 1 unspecified atom stereocenters. The Morgan fingerprint density at radius 2 is 0.543 bits per heavy atom. The monoisotopic (exact) mass is 1300 g/mol. The van der Waals surface area contributed by atoms with Gasteiger partial charge in [-0.05, 0) is 200 Å². The maximum absolute atomic E-state index is 15.3. The van der Waals surface area contributed by atoms with Gasteiger partial charge in [-0.25, -0.2) is 0 Å². The van der Waals surface area contributed by atoms with Gasteiger partial charge >= 0.3 is 35.8 Å². The van der Waals surface area contributed by atoms with Gasteiger partial charge in [0.2, 0.25) is 0 Å². The van der Waals surface area contributed by atoms with Gasteiger partial charge in [0, 0.05) is 156 Å². The number of carbonyl (C=O) groups is 6. The Labute approximate surface area is 558 Å². The molecule has 6 fully saturated rings. The highest BCUT2D eigenvalue weighted by atomic mass is 16.6. The van der Waals surface area contributed by atoms with E-state index in [9.17, 15) is 14.4 Å². The molecule has 6 rings (SSSR count). The predicted molar refractivity (Wildman–Crippen MR) is 365 cm³/mol. The summed E-state index contributed by atoms with van der Waals surface area (Å²) in [5.41, 5.74) is -5.95. The number of rotatable bonds is 21. The summed E-state index contributed by atoms with van der Waals surface area (Å²) in [5, 5.41) is 14.4. The maximum Gasteiger partial charge on any atom is 0.336 e. The summed E-state index contributed by atoms with van der Waals surface area (Å²) in [6.45, 7) is 52.0. The van der Waals surface area contributed by atoms with Crippen LogP contribution in [0.25, 0.3) is 0 Å². The number of unbranched alkanes of at least 4 members (excludes halogenated alkanes) is 5. The van der Waals surface area contributed by atoms with Gasteiger partial charge in [-0.2, -0.15) is 0 Å². The van der Waals surface area contributed by atoms with Gasteiger partial charge in [0.25, 0.3) is 5.41 Å². The average Bonchev–Trinajstić information content (AvgIpc) is 0.749. The molecule has 6 heterocycles. The van der Waals surface area contributed by atoms with Crippen LogP contribution in [0.4, 0.5) is 0 Å². The average molecular weight is 1300 g/mol. The van der Waals surface area contributed by atoms with Crippen molar-refractivity contribution in [2.75, 3.05) is 14.1 Å². The zero-order chi connectivity index (χ0) is 70.1. The molecule has 92 heavy (non-hydrogen) atoms. The summed E-state index contributed by atoms with van der Waals surface area (Å²) >= 11 is 0. The Bertz CT molecular complexity index is 2270. The highest BCUT2D eigenvalue weighted by Crippen LogP contribution is 2.45. The Hall–Kier alpha value is -3.42. The van der Waals surface area contributed by atoms with Crippen molar-refractivity contribution in [2.24, 2.45) is 11.3 Å². The van der Waals surface area contributed by atoms with Crippen molar-refractivity contribution in [1.29, 1.82) is 0 Å². The van der Waals surface area contributed by atoms with Gasteiger partial charge in [0.1, 0.15) is 36.6 Å². The van der Waals surface area contributed by atoms with Crippen LogP contribution in [0, 0.1) is 11.3 Å². The topological polar surface area (TPSA) is 212 Å². The molecule has 18 nitrogen and oxygen atoms in total. The molecule has 0 spiro atoms. The van der Waals surface area contributed by atoms with Crippen LogP contribution in [0.1, 0.15) is 308 Å². The minimum atomic E-state index is -2.79. The van der Waals surface area contributed by atoms with Gasteiger partial charge in [-0.3, -0.25) is 38.6 Å². The number of ether oxygens (including phenoxy) is 6. The lowest BCUT2D eigenvalue weighted by atomic mass is 9.72. The number of hydrogen-bond acceptors (Lipinski definition) is 18. The Kier molecular flexibility index (Phi) is 24.9. The second-order valence-corrected chi connectivity index (χ2v) is 37.1. The second kappa shape index (κ2) is 29.0. The van der Waals surface area contributed by atoms with Crippen molar-refractivity contribution in [3.8, 4) is 0 Å². The largest absolute Gasteiger partial charge is 0.462 e. The van der Waals surface area contributed by atoms with Crippen molar-refractivity contribution in [3.63, 3.8) is 0 Å². The molecule has 6 aliphatic heterocycles. The Morgan fingerprint density at radius 1 is 0.337 bits per heavy atom. The Morgan fingerprint density at radius 3 is 0.772 bits per heavy atom.